The summed E-state index contributed by atoms with van der Waals surface area (Å²) in [6, 6.07) is 23.1. The van der Waals surface area contributed by atoms with E-state index in [0.29, 0.717) is 16.3 Å². The van der Waals surface area contributed by atoms with E-state index in [-0.39, 0.29) is 34.4 Å². The maximum Gasteiger partial charge on any atom is 1.00 e. The molecule has 0 saturated carbocycles. The second-order valence-corrected chi connectivity index (χ2v) is 6.87. The van der Waals surface area contributed by atoms with Gasteiger partial charge in [-0.3, -0.25) is 4.79 Å². The molecule has 3 rings (SSSR count). The molecule has 0 radical (unpaired) electrons. The molecular weight excluding hydrogens is 346 g/mol. The molecule has 5 heteroatoms. The average molecular weight is 363 g/mol. The van der Waals surface area contributed by atoms with Crippen LogP contribution in [0, 0.1) is 0 Å². The summed E-state index contributed by atoms with van der Waals surface area (Å²) in [5.41, 5.74) is 2.74. The maximum absolute atomic E-state index is 12.6. The molecule has 0 fully saturated rings. The maximum atomic E-state index is 12.6. The van der Waals surface area contributed by atoms with E-state index in [0.717, 1.165) is 16.4 Å². The zero-order valence-electron chi connectivity index (χ0n) is 15.1. The van der Waals surface area contributed by atoms with Crippen LogP contribution >= 0.6 is 20.2 Å². The Balaban J connectivity index is 0.00000169. The number of carbonyl (C=O) groups is 1. The van der Waals surface area contributed by atoms with E-state index in [2.05, 4.69) is 0 Å². The third kappa shape index (κ3) is 4.75. The van der Waals surface area contributed by atoms with Crippen LogP contribution in [0.4, 0.5) is 0 Å². The molecule has 0 spiro atoms. The van der Waals surface area contributed by atoms with Crippen molar-refractivity contribution in [3.63, 3.8) is 0 Å². The van der Waals surface area contributed by atoms with E-state index in [1.54, 1.807) is 19.2 Å². The van der Waals surface area contributed by atoms with Crippen LogP contribution < -0.4 is 28.9 Å². The molecule has 25 heavy (non-hydrogen) atoms. The van der Waals surface area contributed by atoms with Crippen LogP contribution in [-0.4, -0.2) is 12.6 Å². The number of benzene rings is 3. The summed E-state index contributed by atoms with van der Waals surface area (Å²) in [5, 5.41) is 1.45. The van der Waals surface area contributed by atoms with Crippen molar-refractivity contribution < 1.29 is 29.8 Å². The SMILES string of the molecule is COc1ccccc1C(=O)Pc1ccc(-c2ccccc2)cc1Cl.[H-].[Li+]. The van der Waals surface area contributed by atoms with Crippen molar-refractivity contribution >= 4 is 31.0 Å². The first-order chi connectivity index (χ1) is 11.7. The topological polar surface area (TPSA) is 26.3 Å². The van der Waals surface area contributed by atoms with Crippen molar-refractivity contribution in [1.82, 2.24) is 0 Å². The van der Waals surface area contributed by atoms with Gasteiger partial charge in [0, 0.05) is 5.02 Å². The van der Waals surface area contributed by atoms with Gasteiger partial charge in [0.15, 0.2) is 5.52 Å². The molecule has 0 aliphatic carbocycles. The van der Waals surface area contributed by atoms with Gasteiger partial charge in [-0.05, 0) is 43.2 Å². The predicted octanol–water partition coefficient (Wildman–Crippen LogP) is 2.28. The van der Waals surface area contributed by atoms with Crippen LogP contribution in [-0.2, 0) is 0 Å². The second-order valence-electron chi connectivity index (χ2n) is 5.22. The van der Waals surface area contributed by atoms with E-state index < -0.39 is 0 Å². The number of carbonyl (C=O) groups excluding carboxylic acids is 1. The van der Waals surface area contributed by atoms with Crippen molar-refractivity contribution in [1.29, 1.82) is 0 Å². The molecule has 0 aromatic heterocycles. The van der Waals surface area contributed by atoms with E-state index in [1.807, 2.05) is 60.7 Å². The van der Waals surface area contributed by atoms with Gasteiger partial charge in [0.2, 0.25) is 0 Å². The van der Waals surface area contributed by atoms with Gasteiger partial charge in [0.1, 0.15) is 5.75 Å². The fourth-order valence-corrected chi connectivity index (χ4v) is 3.71. The number of hydrogen-bond acceptors (Lipinski definition) is 2. The Morgan fingerprint density at radius 1 is 0.960 bits per heavy atom. The van der Waals surface area contributed by atoms with E-state index in [1.165, 1.54) is 0 Å². The van der Waals surface area contributed by atoms with Crippen LogP contribution in [0.3, 0.4) is 0 Å². The molecule has 3 aromatic carbocycles. The van der Waals surface area contributed by atoms with E-state index >= 15 is 0 Å². The molecule has 2 nitrogen and oxygen atoms in total. The quantitative estimate of drug-likeness (QED) is 0.514. The van der Waals surface area contributed by atoms with Crippen molar-refractivity contribution in [3.8, 4) is 16.9 Å². The summed E-state index contributed by atoms with van der Waals surface area (Å²) in [6.45, 7) is 0. The Labute approximate surface area is 168 Å². The molecule has 1 atom stereocenters. The minimum absolute atomic E-state index is 0. The van der Waals surface area contributed by atoms with Gasteiger partial charge in [0.25, 0.3) is 0 Å². The molecule has 0 heterocycles. The Morgan fingerprint density at radius 2 is 1.64 bits per heavy atom. The summed E-state index contributed by atoms with van der Waals surface area (Å²) < 4.78 is 5.26. The number of methoxy groups -OCH3 is 1. The molecule has 0 saturated heterocycles. The molecule has 122 valence electrons. The third-order valence-electron chi connectivity index (χ3n) is 3.68. The van der Waals surface area contributed by atoms with Crippen molar-refractivity contribution in [3.05, 3.63) is 83.4 Å². The third-order valence-corrected chi connectivity index (χ3v) is 5.35. The minimum Gasteiger partial charge on any atom is -1.00 e. The Bertz CT molecular complexity index is 875. The van der Waals surface area contributed by atoms with Crippen LogP contribution in [0.5, 0.6) is 5.75 Å². The van der Waals surface area contributed by atoms with Gasteiger partial charge in [-0.25, -0.2) is 0 Å². The van der Waals surface area contributed by atoms with Gasteiger partial charge in [-0.15, -0.1) is 0 Å². The molecule has 0 N–H and O–H groups in total. The number of hydrogen-bond donors (Lipinski definition) is 0. The Kier molecular flexibility index (Phi) is 7.30. The van der Waals surface area contributed by atoms with Gasteiger partial charge in [-0.2, -0.15) is 0 Å². The van der Waals surface area contributed by atoms with Crippen LogP contribution in [0.15, 0.2) is 72.8 Å². The largest absolute Gasteiger partial charge is 1.00 e. The zero-order valence-corrected chi connectivity index (χ0v) is 15.9. The fourth-order valence-electron chi connectivity index (χ4n) is 2.45. The van der Waals surface area contributed by atoms with E-state index in [4.69, 9.17) is 16.3 Å². The molecule has 0 aliphatic heterocycles. The first-order valence-electron chi connectivity index (χ1n) is 7.48. The van der Waals surface area contributed by atoms with Crippen LogP contribution in [0.25, 0.3) is 11.1 Å². The summed E-state index contributed by atoms with van der Waals surface area (Å²) in [6.07, 6.45) is 0. The number of halogens is 1. The van der Waals surface area contributed by atoms with Gasteiger partial charge >= 0.3 is 18.9 Å². The predicted molar refractivity (Wildman–Crippen MR) is 103 cm³/mol. The van der Waals surface area contributed by atoms with Crippen molar-refractivity contribution in [2.45, 2.75) is 0 Å². The monoisotopic (exact) mass is 362 g/mol. The summed E-state index contributed by atoms with van der Waals surface area (Å²) in [5.74, 6) is 0.590. The van der Waals surface area contributed by atoms with Crippen LogP contribution in [0.2, 0.25) is 5.02 Å². The first-order valence-corrected chi connectivity index (χ1v) is 8.86. The molecule has 0 aliphatic rings. The van der Waals surface area contributed by atoms with Crippen LogP contribution in [0.1, 0.15) is 11.8 Å². The smallest absolute Gasteiger partial charge is 1.00 e. The molecular formula is C20H17ClLiO2P. The number of ether oxygens (including phenoxy) is 1. The van der Waals surface area contributed by atoms with Crippen molar-refractivity contribution in [2.75, 3.05) is 7.11 Å². The summed E-state index contributed by atoms with van der Waals surface area (Å²) in [4.78, 5) is 12.6. The zero-order chi connectivity index (χ0) is 16.9. The van der Waals surface area contributed by atoms with Gasteiger partial charge in [0.05, 0.1) is 12.7 Å². The minimum atomic E-state index is -0.0429. The number of rotatable bonds is 5. The fraction of sp³-hybridized carbons (Fsp3) is 0.0500. The second kappa shape index (κ2) is 9.23. The summed E-state index contributed by atoms with van der Waals surface area (Å²) >= 11 is 6.41. The molecule has 3 aromatic rings. The standard InChI is InChI=1S/C20H16ClO2P.Li.H/c1-23-18-10-6-5-9-16(18)20(22)24-19-12-11-15(13-17(19)21)14-7-3-2-4-8-14;;/h2-13,24H,1H3;;/q;+1;-1. The number of para-hydroxylation sites is 1. The Morgan fingerprint density at radius 3 is 2.32 bits per heavy atom. The molecule has 1 unspecified atom stereocenters. The molecule has 0 bridgehead atoms. The van der Waals surface area contributed by atoms with Gasteiger partial charge in [-0.1, -0.05) is 66.2 Å². The van der Waals surface area contributed by atoms with Gasteiger partial charge < -0.3 is 6.16 Å². The first kappa shape index (κ1) is 19.8. The van der Waals surface area contributed by atoms with Crippen molar-refractivity contribution in [2.24, 2.45) is 0 Å². The molecule has 0 amide bonds. The Hall–Kier alpha value is -1.55. The van der Waals surface area contributed by atoms with E-state index in [9.17, 15) is 4.79 Å². The average Bonchev–Trinajstić information content (AvgIpc) is 2.64. The normalized spacial score (nSPS) is 10.5. The summed E-state index contributed by atoms with van der Waals surface area (Å²) in [7, 11) is 1.52.